The van der Waals surface area contributed by atoms with Crippen LogP contribution in [0.5, 0.6) is 11.5 Å². The SMILES string of the molecule is C=C(c1cc(CC)c(O)cc1O)N(/C(S)=N\N)c1cccc(N(C)C)c1. The molecule has 26 heavy (non-hydrogen) atoms. The molecule has 138 valence electrons. The zero-order valence-corrected chi connectivity index (χ0v) is 16.0. The van der Waals surface area contributed by atoms with E-state index in [1.807, 2.05) is 50.2 Å². The van der Waals surface area contributed by atoms with Gasteiger partial charge >= 0.3 is 0 Å². The molecule has 0 unspecified atom stereocenters. The summed E-state index contributed by atoms with van der Waals surface area (Å²) in [7, 11) is 3.88. The monoisotopic (exact) mass is 372 g/mol. The van der Waals surface area contributed by atoms with Crippen LogP contribution >= 0.6 is 12.6 Å². The Morgan fingerprint density at radius 3 is 2.38 bits per heavy atom. The van der Waals surface area contributed by atoms with Gasteiger partial charge in [0, 0.05) is 31.4 Å². The standard InChI is InChI=1S/C19H24N4O2S/c1-5-13-9-16(18(25)11-17(13)24)12(2)23(19(26)21-20)15-8-6-7-14(10-15)22(3)4/h6-11,24-25H,2,5,20H2,1,3-4H3,(H,21,26). The minimum atomic E-state index is -0.0865. The molecule has 0 radical (unpaired) electrons. The Balaban J connectivity index is 2.58. The first-order valence-electron chi connectivity index (χ1n) is 8.08. The van der Waals surface area contributed by atoms with Crippen LogP contribution in [0.4, 0.5) is 11.4 Å². The Hall–Kier alpha value is -2.80. The van der Waals surface area contributed by atoms with E-state index in [-0.39, 0.29) is 16.7 Å². The molecule has 4 N–H and O–H groups in total. The van der Waals surface area contributed by atoms with E-state index in [0.717, 1.165) is 11.4 Å². The Kier molecular flexibility index (Phi) is 6.05. The third-order valence-electron chi connectivity index (χ3n) is 4.08. The molecule has 2 rings (SSSR count). The molecule has 7 heteroatoms. The van der Waals surface area contributed by atoms with Crippen molar-refractivity contribution in [3.63, 3.8) is 0 Å². The smallest absolute Gasteiger partial charge is 0.188 e. The third kappa shape index (κ3) is 3.88. The molecule has 0 saturated heterocycles. The minimum absolute atomic E-state index is 0.0429. The number of hydrogen-bond donors (Lipinski definition) is 4. The van der Waals surface area contributed by atoms with Gasteiger partial charge in [0.2, 0.25) is 0 Å². The van der Waals surface area contributed by atoms with Gasteiger partial charge in [-0.25, -0.2) is 0 Å². The number of hydrogen-bond acceptors (Lipinski definition) is 5. The van der Waals surface area contributed by atoms with Crippen molar-refractivity contribution in [2.45, 2.75) is 13.3 Å². The molecule has 0 atom stereocenters. The second-order valence-corrected chi connectivity index (χ2v) is 6.38. The lowest BCUT2D eigenvalue weighted by Crippen LogP contribution is -2.26. The molecule has 0 amide bonds. The number of anilines is 2. The van der Waals surface area contributed by atoms with E-state index in [2.05, 4.69) is 24.3 Å². The van der Waals surface area contributed by atoms with E-state index in [1.165, 1.54) is 6.07 Å². The first-order valence-corrected chi connectivity index (χ1v) is 8.53. The van der Waals surface area contributed by atoms with E-state index in [1.54, 1.807) is 11.0 Å². The quantitative estimate of drug-likeness (QED) is 0.213. The van der Waals surface area contributed by atoms with E-state index < -0.39 is 0 Å². The molecular formula is C19H24N4O2S. The third-order valence-corrected chi connectivity index (χ3v) is 4.39. The van der Waals surface area contributed by atoms with E-state index in [4.69, 9.17) is 5.84 Å². The molecule has 0 aliphatic carbocycles. The normalized spacial score (nSPS) is 11.3. The molecule has 0 aliphatic heterocycles. The molecule has 2 aromatic rings. The van der Waals surface area contributed by atoms with Crippen LogP contribution in [-0.4, -0.2) is 29.5 Å². The number of phenols is 2. The topological polar surface area (TPSA) is 85.3 Å². The molecule has 0 aliphatic rings. The Morgan fingerprint density at radius 1 is 1.15 bits per heavy atom. The maximum Gasteiger partial charge on any atom is 0.188 e. The number of aryl methyl sites for hydroxylation is 1. The molecule has 0 aromatic heterocycles. The predicted octanol–water partition coefficient (Wildman–Crippen LogP) is 3.36. The molecule has 2 aromatic carbocycles. The summed E-state index contributed by atoms with van der Waals surface area (Å²) in [5.41, 5.74) is 3.32. The van der Waals surface area contributed by atoms with Gasteiger partial charge in [0.1, 0.15) is 11.5 Å². The second kappa shape index (κ2) is 8.05. The summed E-state index contributed by atoms with van der Waals surface area (Å²) in [6.07, 6.45) is 0.612. The molecule has 0 fully saturated rings. The maximum atomic E-state index is 10.3. The number of thiol groups is 1. The highest BCUT2D eigenvalue weighted by atomic mass is 32.1. The van der Waals surface area contributed by atoms with Crippen molar-refractivity contribution in [3.05, 3.63) is 54.1 Å². The van der Waals surface area contributed by atoms with Gasteiger partial charge in [0.15, 0.2) is 5.17 Å². The van der Waals surface area contributed by atoms with Crippen LogP contribution in [0.25, 0.3) is 5.70 Å². The van der Waals surface area contributed by atoms with Crippen LogP contribution in [0.3, 0.4) is 0 Å². The van der Waals surface area contributed by atoms with Crippen LogP contribution < -0.4 is 15.6 Å². The largest absolute Gasteiger partial charge is 0.508 e. The van der Waals surface area contributed by atoms with E-state index in [0.29, 0.717) is 23.2 Å². The highest BCUT2D eigenvalue weighted by Gasteiger charge is 2.20. The van der Waals surface area contributed by atoms with Crippen LogP contribution in [0.1, 0.15) is 18.1 Å². The highest BCUT2D eigenvalue weighted by Crippen LogP contribution is 2.36. The van der Waals surface area contributed by atoms with Crippen molar-refractivity contribution in [2.24, 2.45) is 10.9 Å². The minimum Gasteiger partial charge on any atom is -0.508 e. The van der Waals surface area contributed by atoms with Crippen LogP contribution in [-0.2, 0) is 6.42 Å². The van der Waals surface area contributed by atoms with Crippen molar-refractivity contribution in [2.75, 3.05) is 23.9 Å². The Morgan fingerprint density at radius 2 is 1.81 bits per heavy atom. The number of nitrogens with two attached hydrogens (primary N) is 1. The Bertz CT molecular complexity index is 849. The summed E-state index contributed by atoms with van der Waals surface area (Å²) < 4.78 is 0. The van der Waals surface area contributed by atoms with Gasteiger partial charge in [0.25, 0.3) is 0 Å². The van der Waals surface area contributed by atoms with E-state index >= 15 is 0 Å². The molecule has 0 bridgehead atoms. The first-order chi connectivity index (χ1) is 12.3. The van der Waals surface area contributed by atoms with Crippen LogP contribution in [0.2, 0.25) is 0 Å². The number of amidine groups is 1. The number of aromatic hydroxyl groups is 2. The van der Waals surface area contributed by atoms with Gasteiger partial charge in [-0.1, -0.05) is 19.6 Å². The second-order valence-electron chi connectivity index (χ2n) is 5.98. The predicted molar refractivity (Wildman–Crippen MR) is 112 cm³/mol. The summed E-state index contributed by atoms with van der Waals surface area (Å²) in [5, 5.41) is 24.2. The lowest BCUT2D eigenvalue weighted by molar-refractivity contribution is 0.445. The van der Waals surface area contributed by atoms with E-state index in [9.17, 15) is 10.2 Å². The van der Waals surface area contributed by atoms with Crippen LogP contribution in [0.15, 0.2) is 48.1 Å². The summed E-state index contributed by atoms with van der Waals surface area (Å²) >= 11 is 4.36. The van der Waals surface area contributed by atoms with Gasteiger partial charge < -0.3 is 21.0 Å². The number of rotatable bonds is 5. The molecular weight excluding hydrogens is 348 g/mol. The van der Waals surface area contributed by atoms with Crippen LogP contribution in [0, 0.1) is 0 Å². The Labute approximate surface area is 159 Å². The number of hydrazone groups is 1. The molecule has 0 saturated carbocycles. The van der Waals surface area contributed by atoms with Gasteiger partial charge in [0.05, 0.1) is 11.4 Å². The lowest BCUT2D eigenvalue weighted by Gasteiger charge is -2.27. The average Bonchev–Trinajstić information content (AvgIpc) is 2.62. The lowest BCUT2D eigenvalue weighted by atomic mass is 10.0. The van der Waals surface area contributed by atoms with Gasteiger partial charge in [-0.2, -0.15) is 5.10 Å². The number of phenolic OH excluding ortho intramolecular Hbond substituents is 2. The number of benzene rings is 2. The van der Waals surface area contributed by atoms with Crippen molar-refractivity contribution in [3.8, 4) is 11.5 Å². The summed E-state index contributed by atoms with van der Waals surface area (Å²) in [6.45, 7) is 6.02. The summed E-state index contributed by atoms with van der Waals surface area (Å²) in [6, 6.07) is 10.7. The van der Waals surface area contributed by atoms with Crippen molar-refractivity contribution in [1.82, 2.24) is 0 Å². The molecule has 6 nitrogen and oxygen atoms in total. The summed E-state index contributed by atoms with van der Waals surface area (Å²) in [5.74, 6) is 5.41. The fourth-order valence-corrected chi connectivity index (χ4v) is 2.85. The first kappa shape index (κ1) is 19.5. The van der Waals surface area contributed by atoms with Crippen molar-refractivity contribution >= 4 is 34.9 Å². The summed E-state index contributed by atoms with van der Waals surface area (Å²) in [4.78, 5) is 3.61. The molecule has 0 heterocycles. The van der Waals surface area contributed by atoms with Crippen molar-refractivity contribution < 1.29 is 10.2 Å². The average molecular weight is 372 g/mol. The number of nitrogens with zero attached hydrogens (tertiary/aromatic N) is 3. The molecule has 0 spiro atoms. The maximum absolute atomic E-state index is 10.3. The van der Waals surface area contributed by atoms with Crippen molar-refractivity contribution in [1.29, 1.82) is 0 Å². The highest BCUT2D eigenvalue weighted by molar-refractivity contribution is 7.97. The fraction of sp³-hybridized carbons (Fsp3) is 0.211. The van der Waals surface area contributed by atoms with Gasteiger partial charge in [-0.15, -0.1) is 12.6 Å². The van der Waals surface area contributed by atoms with Gasteiger partial charge in [-0.3, -0.25) is 4.90 Å². The van der Waals surface area contributed by atoms with Gasteiger partial charge in [-0.05, 0) is 36.2 Å². The zero-order valence-electron chi connectivity index (χ0n) is 15.1. The fourth-order valence-electron chi connectivity index (χ4n) is 2.62. The zero-order chi connectivity index (χ0) is 19.4.